The van der Waals surface area contributed by atoms with Gasteiger partial charge in [-0.25, -0.2) is 0 Å². The van der Waals surface area contributed by atoms with Crippen LogP contribution >= 0.6 is 11.6 Å². The second-order valence-corrected chi connectivity index (χ2v) is 6.49. The van der Waals surface area contributed by atoms with Crippen molar-refractivity contribution >= 4 is 34.8 Å². The molecule has 0 atom stereocenters. The van der Waals surface area contributed by atoms with Gasteiger partial charge in [-0.3, -0.25) is 9.59 Å². The summed E-state index contributed by atoms with van der Waals surface area (Å²) < 4.78 is 38.8. The smallest absolute Gasteiger partial charge is 0.325 e. The van der Waals surface area contributed by atoms with Gasteiger partial charge in [-0.05, 0) is 43.2 Å². The lowest BCUT2D eigenvalue weighted by Gasteiger charge is -2.24. The molecule has 144 valence electrons. The number of carbonyl (C=O) groups excluding carboxylic acids is 2. The lowest BCUT2D eigenvalue weighted by Crippen LogP contribution is -2.37. The monoisotopic (exact) mass is 398 g/mol. The maximum atomic E-state index is 12.9. The van der Waals surface area contributed by atoms with Gasteiger partial charge >= 0.3 is 6.18 Å². The maximum Gasteiger partial charge on any atom is 0.417 e. The molecule has 0 bridgehead atoms. The van der Waals surface area contributed by atoms with Crippen molar-refractivity contribution in [3.8, 4) is 0 Å². The number of nitrogens with zero attached hydrogens (tertiary/aromatic N) is 1. The van der Waals surface area contributed by atoms with E-state index in [0.717, 1.165) is 23.3 Å². The van der Waals surface area contributed by atoms with E-state index in [1.807, 2.05) is 32.0 Å². The first kappa shape index (κ1) is 20.8. The molecule has 0 radical (unpaired) electrons. The largest absolute Gasteiger partial charge is 0.417 e. The molecule has 0 saturated carbocycles. The average Bonchev–Trinajstić information content (AvgIpc) is 2.54. The molecule has 8 heteroatoms. The molecule has 0 unspecified atom stereocenters. The van der Waals surface area contributed by atoms with Crippen molar-refractivity contribution in [3.63, 3.8) is 0 Å². The van der Waals surface area contributed by atoms with Crippen LogP contribution in [-0.4, -0.2) is 18.4 Å². The summed E-state index contributed by atoms with van der Waals surface area (Å²) in [5.74, 6) is -0.974. The van der Waals surface area contributed by atoms with Gasteiger partial charge in [-0.2, -0.15) is 13.2 Å². The SMILES string of the molecule is CC(=O)N(CC(=O)Nc1ccc(Cl)c(C(F)(F)F)c1)c1c(C)cccc1C. The van der Waals surface area contributed by atoms with Crippen LogP contribution in [0.4, 0.5) is 24.5 Å². The second-order valence-electron chi connectivity index (χ2n) is 6.09. The van der Waals surface area contributed by atoms with E-state index in [2.05, 4.69) is 5.32 Å². The number of nitrogens with one attached hydrogen (secondary N) is 1. The van der Waals surface area contributed by atoms with Crippen LogP contribution in [0.2, 0.25) is 5.02 Å². The van der Waals surface area contributed by atoms with Crippen molar-refractivity contribution in [1.29, 1.82) is 0 Å². The third-order valence-electron chi connectivity index (χ3n) is 3.95. The molecule has 0 aromatic heterocycles. The third kappa shape index (κ3) is 5.01. The minimum atomic E-state index is -4.64. The molecule has 0 fully saturated rings. The van der Waals surface area contributed by atoms with E-state index in [1.165, 1.54) is 17.9 Å². The number of halogens is 4. The van der Waals surface area contributed by atoms with Gasteiger partial charge in [0.1, 0.15) is 6.54 Å². The number of carbonyl (C=O) groups is 2. The first-order chi connectivity index (χ1) is 12.5. The molecule has 0 saturated heterocycles. The van der Waals surface area contributed by atoms with E-state index in [4.69, 9.17) is 11.6 Å². The van der Waals surface area contributed by atoms with Gasteiger partial charge < -0.3 is 10.2 Å². The quantitative estimate of drug-likeness (QED) is 0.790. The molecule has 27 heavy (non-hydrogen) atoms. The maximum absolute atomic E-state index is 12.9. The summed E-state index contributed by atoms with van der Waals surface area (Å²) in [5.41, 5.74) is 1.13. The zero-order chi connectivity index (χ0) is 20.4. The fraction of sp³-hybridized carbons (Fsp3) is 0.263. The Labute approximate surface area is 159 Å². The molecule has 0 spiro atoms. The van der Waals surface area contributed by atoms with Crippen LogP contribution in [0.5, 0.6) is 0 Å². The number of amides is 2. The van der Waals surface area contributed by atoms with Gasteiger partial charge in [0, 0.05) is 12.6 Å². The Bertz CT molecular complexity index is 861. The summed E-state index contributed by atoms with van der Waals surface area (Å²) >= 11 is 5.57. The number of para-hydroxylation sites is 1. The molecule has 2 rings (SSSR count). The molecule has 1 N–H and O–H groups in total. The van der Waals surface area contributed by atoms with E-state index < -0.39 is 22.7 Å². The second kappa shape index (κ2) is 8.00. The molecule has 2 aromatic carbocycles. The lowest BCUT2D eigenvalue weighted by molar-refractivity contribution is -0.137. The minimum Gasteiger partial charge on any atom is -0.325 e. The Morgan fingerprint density at radius 1 is 1.11 bits per heavy atom. The van der Waals surface area contributed by atoms with Crippen molar-refractivity contribution in [2.45, 2.75) is 26.9 Å². The zero-order valence-electron chi connectivity index (χ0n) is 14.9. The zero-order valence-corrected chi connectivity index (χ0v) is 15.7. The number of rotatable bonds is 4. The number of alkyl halides is 3. The minimum absolute atomic E-state index is 0.0540. The number of aryl methyl sites for hydroxylation is 2. The fourth-order valence-corrected chi connectivity index (χ4v) is 2.97. The van der Waals surface area contributed by atoms with E-state index in [-0.39, 0.29) is 18.1 Å². The van der Waals surface area contributed by atoms with Gasteiger partial charge in [-0.15, -0.1) is 0 Å². The predicted octanol–water partition coefficient (Wildman–Crippen LogP) is 4.97. The Hall–Kier alpha value is -2.54. The number of anilines is 2. The summed E-state index contributed by atoms with van der Waals surface area (Å²) in [6, 6.07) is 8.55. The molecule has 0 aliphatic heterocycles. The van der Waals surface area contributed by atoms with Gasteiger partial charge in [0.25, 0.3) is 0 Å². The third-order valence-corrected chi connectivity index (χ3v) is 4.28. The first-order valence-corrected chi connectivity index (χ1v) is 8.39. The Kier molecular flexibility index (Phi) is 6.15. The summed E-state index contributed by atoms with van der Waals surface area (Å²) in [6.45, 7) is 4.62. The summed E-state index contributed by atoms with van der Waals surface area (Å²) in [7, 11) is 0. The van der Waals surface area contributed by atoms with Gasteiger partial charge in [0.05, 0.1) is 16.3 Å². The van der Waals surface area contributed by atoms with Gasteiger partial charge in [0.2, 0.25) is 11.8 Å². The number of benzene rings is 2. The van der Waals surface area contributed by atoms with Crippen molar-refractivity contribution in [2.24, 2.45) is 0 Å². The van der Waals surface area contributed by atoms with Crippen LogP contribution in [0, 0.1) is 13.8 Å². The van der Waals surface area contributed by atoms with Crippen LogP contribution < -0.4 is 10.2 Å². The highest BCUT2D eigenvalue weighted by atomic mass is 35.5. The molecule has 0 aliphatic carbocycles. The number of hydrogen-bond donors (Lipinski definition) is 1. The van der Waals surface area contributed by atoms with Crippen molar-refractivity contribution in [3.05, 3.63) is 58.1 Å². The highest BCUT2D eigenvalue weighted by molar-refractivity contribution is 6.31. The summed E-state index contributed by atoms with van der Waals surface area (Å²) in [6.07, 6.45) is -4.64. The number of hydrogen-bond acceptors (Lipinski definition) is 2. The molecule has 2 aromatic rings. The normalized spacial score (nSPS) is 11.2. The fourth-order valence-electron chi connectivity index (χ4n) is 2.74. The molecular weight excluding hydrogens is 381 g/mol. The average molecular weight is 399 g/mol. The van der Waals surface area contributed by atoms with Crippen LogP contribution in [0.1, 0.15) is 23.6 Å². The van der Waals surface area contributed by atoms with Gasteiger partial charge in [-0.1, -0.05) is 29.8 Å². The van der Waals surface area contributed by atoms with Gasteiger partial charge in [0.15, 0.2) is 0 Å². The van der Waals surface area contributed by atoms with E-state index in [1.54, 1.807) is 0 Å². The molecule has 0 heterocycles. The highest BCUT2D eigenvalue weighted by Crippen LogP contribution is 2.36. The standard InChI is InChI=1S/C19H18ClF3N2O2/c1-11-5-4-6-12(2)18(11)25(13(3)26)10-17(27)24-14-7-8-16(20)15(9-14)19(21,22)23/h4-9H,10H2,1-3H3,(H,24,27). The van der Waals surface area contributed by atoms with Crippen molar-refractivity contribution < 1.29 is 22.8 Å². The van der Waals surface area contributed by atoms with Crippen LogP contribution in [0.25, 0.3) is 0 Å². The molecule has 4 nitrogen and oxygen atoms in total. The Morgan fingerprint density at radius 2 is 1.70 bits per heavy atom. The van der Waals surface area contributed by atoms with Crippen LogP contribution in [0.15, 0.2) is 36.4 Å². The van der Waals surface area contributed by atoms with Crippen LogP contribution in [0.3, 0.4) is 0 Å². The van der Waals surface area contributed by atoms with E-state index in [9.17, 15) is 22.8 Å². The van der Waals surface area contributed by atoms with E-state index in [0.29, 0.717) is 5.69 Å². The topological polar surface area (TPSA) is 49.4 Å². The van der Waals surface area contributed by atoms with Crippen LogP contribution in [-0.2, 0) is 15.8 Å². The van der Waals surface area contributed by atoms with Crippen molar-refractivity contribution in [2.75, 3.05) is 16.8 Å². The van der Waals surface area contributed by atoms with Crippen molar-refractivity contribution in [1.82, 2.24) is 0 Å². The molecule has 2 amide bonds. The van der Waals surface area contributed by atoms with E-state index >= 15 is 0 Å². The summed E-state index contributed by atoms with van der Waals surface area (Å²) in [4.78, 5) is 25.7. The Balaban J connectivity index is 2.24. The Morgan fingerprint density at radius 3 is 2.22 bits per heavy atom. The first-order valence-electron chi connectivity index (χ1n) is 8.01. The highest BCUT2D eigenvalue weighted by Gasteiger charge is 2.33. The summed E-state index contributed by atoms with van der Waals surface area (Å²) in [5, 5.41) is 1.93. The molecular formula is C19H18ClF3N2O2. The lowest BCUT2D eigenvalue weighted by atomic mass is 10.1. The molecule has 0 aliphatic rings. The predicted molar refractivity (Wildman–Crippen MR) is 99.0 cm³/mol.